The Labute approximate surface area is 157 Å². The van der Waals surface area contributed by atoms with Crippen molar-refractivity contribution in [1.29, 1.82) is 0 Å². The van der Waals surface area contributed by atoms with Crippen LogP contribution < -0.4 is 10.1 Å². The number of aliphatic imine (C=N–C) groups is 1. The molecule has 0 radical (unpaired) electrons. The molecule has 0 saturated heterocycles. The number of aromatic amines is 1. The fourth-order valence-corrected chi connectivity index (χ4v) is 3.21. The van der Waals surface area contributed by atoms with Gasteiger partial charge in [0, 0.05) is 18.5 Å². The van der Waals surface area contributed by atoms with Gasteiger partial charge in [0.05, 0.1) is 23.7 Å². The summed E-state index contributed by atoms with van der Waals surface area (Å²) in [5, 5.41) is 13.4. The van der Waals surface area contributed by atoms with Crippen LogP contribution in [0.15, 0.2) is 29.5 Å². The molecule has 3 heterocycles. The van der Waals surface area contributed by atoms with E-state index in [9.17, 15) is 0 Å². The number of ether oxygens (including phenoxy) is 1. The molecule has 0 atom stereocenters. The summed E-state index contributed by atoms with van der Waals surface area (Å²) in [4.78, 5) is 16.4. The topological polar surface area (TPSA) is 95.4 Å². The molecule has 7 nitrogen and oxygen atoms in total. The van der Waals surface area contributed by atoms with E-state index in [1.54, 1.807) is 0 Å². The minimum Gasteiger partial charge on any atom is -0.489 e. The molecule has 3 N–H and O–H groups in total. The van der Waals surface area contributed by atoms with Crippen molar-refractivity contribution in [3.8, 4) is 5.75 Å². The minimum atomic E-state index is 0.0636. The summed E-state index contributed by atoms with van der Waals surface area (Å²) in [5.74, 6) is 1.51. The average Bonchev–Trinajstić information content (AvgIpc) is 3.26. The van der Waals surface area contributed by atoms with Crippen molar-refractivity contribution in [1.82, 2.24) is 15.0 Å². The zero-order valence-corrected chi connectivity index (χ0v) is 15.5. The summed E-state index contributed by atoms with van der Waals surface area (Å²) in [5.41, 5.74) is 4.92. The molecule has 0 aliphatic carbocycles. The van der Waals surface area contributed by atoms with Crippen molar-refractivity contribution in [2.45, 2.75) is 39.3 Å². The highest BCUT2D eigenvalue weighted by molar-refractivity contribution is 5.92. The van der Waals surface area contributed by atoms with Gasteiger partial charge in [-0.15, -0.1) is 0 Å². The second kappa shape index (κ2) is 7.36. The van der Waals surface area contributed by atoms with Crippen LogP contribution in [0.5, 0.6) is 5.75 Å². The number of hydrogen-bond acceptors (Lipinski definition) is 6. The number of aryl methyl sites for hydroxylation is 1. The summed E-state index contributed by atoms with van der Waals surface area (Å²) in [6.07, 6.45) is 4.96. The van der Waals surface area contributed by atoms with Gasteiger partial charge in [-0.2, -0.15) is 0 Å². The number of benzene rings is 1. The molecule has 27 heavy (non-hydrogen) atoms. The summed E-state index contributed by atoms with van der Waals surface area (Å²) in [6.45, 7) is 4.87. The van der Waals surface area contributed by atoms with Gasteiger partial charge in [0.1, 0.15) is 23.5 Å². The van der Waals surface area contributed by atoms with Crippen LogP contribution in [0.2, 0.25) is 0 Å². The Hall–Kier alpha value is -2.93. The van der Waals surface area contributed by atoms with E-state index in [-0.39, 0.29) is 12.7 Å². The highest BCUT2D eigenvalue weighted by atomic mass is 16.5. The first kappa shape index (κ1) is 17.5. The molecule has 7 heteroatoms. The molecular formula is C20H23N5O2. The monoisotopic (exact) mass is 365 g/mol. The van der Waals surface area contributed by atoms with Crippen LogP contribution in [0.3, 0.4) is 0 Å². The predicted octanol–water partition coefficient (Wildman–Crippen LogP) is 3.35. The molecule has 0 spiro atoms. The number of fused-ring (bicyclic) bond motifs is 2. The fourth-order valence-electron chi connectivity index (χ4n) is 3.21. The third-order valence-electron chi connectivity index (χ3n) is 4.43. The maximum atomic E-state index is 9.05. The fraction of sp³-hybridized carbons (Fsp3) is 0.350. The highest BCUT2D eigenvalue weighted by Crippen LogP contribution is 2.34. The summed E-state index contributed by atoms with van der Waals surface area (Å²) >= 11 is 0. The van der Waals surface area contributed by atoms with Crippen LogP contribution >= 0.6 is 0 Å². The number of aliphatic hydroxyl groups excluding tert-OH is 1. The van der Waals surface area contributed by atoms with Crippen molar-refractivity contribution < 1.29 is 9.84 Å². The lowest BCUT2D eigenvalue weighted by Gasteiger charge is -2.17. The van der Waals surface area contributed by atoms with Crippen molar-refractivity contribution in [3.05, 3.63) is 41.3 Å². The summed E-state index contributed by atoms with van der Waals surface area (Å²) < 4.78 is 6.02. The van der Waals surface area contributed by atoms with E-state index in [4.69, 9.17) is 9.84 Å². The van der Waals surface area contributed by atoms with E-state index in [0.717, 1.165) is 51.5 Å². The van der Waals surface area contributed by atoms with Crippen LogP contribution in [0, 0.1) is 0 Å². The van der Waals surface area contributed by atoms with Crippen molar-refractivity contribution >= 4 is 28.8 Å². The highest BCUT2D eigenvalue weighted by Gasteiger charge is 2.16. The van der Waals surface area contributed by atoms with E-state index >= 15 is 0 Å². The molecule has 3 aromatic rings. The Morgan fingerprint density at radius 3 is 2.96 bits per heavy atom. The number of hydrogen-bond donors (Lipinski definition) is 3. The van der Waals surface area contributed by atoms with E-state index in [2.05, 4.69) is 31.3 Å². The SMILES string of the molecule is CC(C)Oc1cc2c(cc1Nc1ncnc3[nH]c(CCCO)cc13)C=NC2. The lowest BCUT2D eigenvalue weighted by Crippen LogP contribution is -2.08. The zero-order valence-electron chi connectivity index (χ0n) is 15.5. The average molecular weight is 365 g/mol. The Balaban J connectivity index is 1.71. The molecular weight excluding hydrogens is 342 g/mol. The Morgan fingerprint density at radius 2 is 2.15 bits per heavy atom. The molecule has 1 aliphatic heterocycles. The molecule has 1 aromatic carbocycles. The third-order valence-corrected chi connectivity index (χ3v) is 4.43. The van der Waals surface area contributed by atoms with Crippen LogP contribution in [-0.2, 0) is 13.0 Å². The number of aromatic nitrogens is 3. The Kier molecular flexibility index (Phi) is 4.77. The van der Waals surface area contributed by atoms with Crippen molar-refractivity contribution in [2.24, 2.45) is 4.99 Å². The minimum absolute atomic E-state index is 0.0636. The molecule has 0 bridgehead atoms. The molecule has 0 fully saturated rings. The summed E-state index contributed by atoms with van der Waals surface area (Å²) in [6, 6.07) is 6.13. The van der Waals surface area contributed by atoms with Crippen LogP contribution in [0.25, 0.3) is 11.0 Å². The number of nitrogens with one attached hydrogen (secondary N) is 2. The van der Waals surface area contributed by atoms with Gasteiger partial charge in [-0.1, -0.05) is 0 Å². The van der Waals surface area contributed by atoms with Gasteiger partial charge >= 0.3 is 0 Å². The molecule has 0 amide bonds. The van der Waals surface area contributed by atoms with E-state index in [0.29, 0.717) is 13.0 Å². The van der Waals surface area contributed by atoms with Gasteiger partial charge in [-0.25, -0.2) is 9.97 Å². The second-order valence-corrected chi connectivity index (χ2v) is 6.91. The lowest BCUT2D eigenvalue weighted by molar-refractivity contribution is 0.243. The molecule has 2 aromatic heterocycles. The smallest absolute Gasteiger partial charge is 0.143 e. The molecule has 1 aliphatic rings. The number of rotatable bonds is 7. The van der Waals surface area contributed by atoms with Gasteiger partial charge in [-0.05, 0) is 56.0 Å². The van der Waals surface area contributed by atoms with Crippen molar-refractivity contribution in [2.75, 3.05) is 11.9 Å². The quantitative estimate of drug-likeness (QED) is 0.597. The lowest BCUT2D eigenvalue weighted by atomic mass is 10.1. The van der Waals surface area contributed by atoms with E-state index in [1.165, 1.54) is 6.33 Å². The number of nitrogens with zero attached hydrogens (tertiary/aromatic N) is 3. The first-order valence-electron chi connectivity index (χ1n) is 9.18. The Bertz CT molecular complexity index is 993. The molecule has 0 unspecified atom stereocenters. The molecule has 140 valence electrons. The van der Waals surface area contributed by atoms with E-state index < -0.39 is 0 Å². The molecule has 0 saturated carbocycles. The van der Waals surface area contributed by atoms with Gasteiger partial charge in [0.15, 0.2) is 0 Å². The maximum Gasteiger partial charge on any atom is 0.143 e. The Morgan fingerprint density at radius 1 is 1.26 bits per heavy atom. The van der Waals surface area contributed by atoms with Gasteiger partial charge in [-0.3, -0.25) is 4.99 Å². The first-order valence-corrected chi connectivity index (χ1v) is 9.18. The van der Waals surface area contributed by atoms with Crippen LogP contribution in [-0.4, -0.2) is 39.0 Å². The second-order valence-electron chi connectivity index (χ2n) is 6.91. The van der Waals surface area contributed by atoms with Gasteiger partial charge in [0.25, 0.3) is 0 Å². The van der Waals surface area contributed by atoms with Crippen LogP contribution in [0.4, 0.5) is 11.5 Å². The maximum absolute atomic E-state index is 9.05. The number of H-pyrrole nitrogens is 1. The first-order chi connectivity index (χ1) is 13.1. The van der Waals surface area contributed by atoms with E-state index in [1.807, 2.05) is 32.2 Å². The zero-order chi connectivity index (χ0) is 18.8. The van der Waals surface area contributed by atoms with Crippen LogP contribution in [0.1, 0.15) is 37.1 Å². The third kappa shape index (κ3) is 3.64. The number of anilines is 2. The van der Waals surface area contributed by atoms with Gasteiger partial charge in [0.2, 0.25) is 0 Å². The number of aliphatic hydroxyl groups is 1. The predicted molar refractivity (Wildman–Crippen MR) is 106 cm³/mol. The summed E-state index contributed by atoms with van der Waals surface area (Å²) in [7, 11) is 0. The van der Waals surface area contributed by atoms with Gasteiger partial charge < -0.3 is 20.1 Å². The molecule has 4 rings (SSSR count). The largest absolute Gasteiger partial charge is 0.489 e. The normalized spacial score (nSPS) is 12.7. The van der Waals surface area contributed by atoms with Crippen molar-refractivity contribution in [3.63, 3.8) is 0 Å². The standard InChI is InChI=1S/C20H23N5O2/c1-12(2)27-18-7-14-10-21-9-13(14)6-17(18)25-20-16-8-15(4-3-5-26)24-19(16)22-11-23-20/h6-9,11-12,26H,3-5,10H2,1-2H3,(H2,22,23,24,25).